The van der Waals surface area contributed by atoms with Crippen molar-refractivity contribution in [1.29, 1.82) is 0 Å². The van der Waals surface area contributed by atoms with Gasteiger partial charge in [-0.25, -0.2) is 0 Å². The lowest BCUT2D eigenvalue weighted by molar-refractivity contribution is 0.195. The highest BCUT2D eigenvalue weighted by molar-refractivity contribution is 6.72. The Bertz CT molecular complexity index is 208. The van der Waals surface area contributed by atoms with E-state index in [1.54, 1.807) is 34.1 Å². The highest BCUT2D eigenvalue weighted by Crippen LogP contribution is 2.21. The fourth-order valence-corrected chi connectivity index (χ4v) is 5.50. The van der Waals surface area contributed by atoms with Crippen LogP contribution in [0.3, 0.4) is 0 Å². The normalized spacial score (nSPS) is 12.8. The topological polar surface area (TPSA) is 57.2 Å². The maximum atomic E-state index is 9.32. The van der Waals surface area contributed by atoms with Crippen LogP contribution >= 0.6 is 0 Å². The van der Waals surface area contributed by atoms with Crippen molar-refractivity contribution in [2.24, 2.45) is 0 Å². The molecule has 0 rings (SSSR count). The third-order valence-corrected chi connectivity index (χ3v) is 9.21. The van der Waals surface area contributed by atoms with Crippen LogP contribution in [-0.4, -0.2) is 56.9 Å². The fraction of sp³-hybridized carbons (Fsp3) is 0.800. The standard InChI is InChI=1S/C10H24O5Si2/c1-6-16(12-2,13-3)8-7-9-17(10-11,14-4)15-5/h6,11H,1,7-10H2,2-5H3. The summed E-state index contributed by atoms with van der Waals surface area (Å²) in [6.45, 7) is 3.76. The van der Waals surface area contributed by atoms with Crippen LogP contribution in [0.1, 0.15) is 6.42 Å². The number of rotatable bonds is 10. The minimum atomic E-state index is -2.42. The average Bonchev–Trinajstić information content (AvgIpc) is 2.41. The van der Waals surface area contributed by atoms with Crippen LogP contribution in [0.5, 0.6) is 0 Å². The zero-order chi connectivity index (χ0) is 13.4. The molecule has 0 aromatic heterocycles. The van der Waals surface area contributed by atoms with E-state index in [0.29, 0.717) is 6.04 Å². The predicted octanol–water partition coefficient (Wildman–Crippen LogP) is 1.10. The molecule has 0 unspecified atom stereocenters. The van der Waals surface area contributed by atoms with E-state index in [1.807, 2.05) is 0 Å². The van der Waals surface area contributed by atoms with Crippen LogP contribution in [0.4, 0.5) is 0 Å². The van der Waals surface area contributed by atoms with Crippen LogP contribution < -0.4 is 0 Å². The van der Waals surface area contributed by atoms with Crippen molar-refractivity contribution in [3.8, 4) is 0 Å². The first-order valence-corrected chi connectivity index (χ1v) is 9.85. The molecule has 0 amide bonds. The Labute approximate surface area is 106 Å². The molecule has 7 heteroatoms. The Morgan fingerprint density at radius 2 is 1.53 bits per heavy atom. The van der Waals surface area contributed by atoms with Crippen molar-refractivity contribution >= 4 is 17.1 Å². The van der Waals surface area contributed by atoms with Gasteiger partial charge in [-0.1, -0.05) is 0 Å². The summed E-state index contributed by atoms with van der Waals surface area (Å²) >= 11 is 0. The van der Waals surface area contributed by atoms with Gasteiger partial charge in [0.05, 0.1) is 6.23 Å². The third kappa shape index (κ3) is 4.62. The molecule has 102 valence electrons. The molecule has 0 atom stereocenters. The Kier molecular flexibility index (Phi) is 8.13. The minimum absolute atomic E-state index is 0.0391. The van der Waals surface area contributed by atoms with E-state index in [9.17, 15) is 5.11 Å². The van der Waals surface area contributed by atoms with Gasteiger partial charge in [0.1, 0.15) is 0 Å². The van der Waals surface area contributed by atoms with Crippen LogP contribution in [0.25, 0.3) is 0 Å². The third-order valence-electron chi connectivity index (χ3n) is 3.07. The lowest BCUT2D eigenvalue weighted by Gasteiger charge is -2.27. The van der Waals surface area contributed by atoms with Crippen molar-refractivity contribution in [3.63, 3.8) is 0 Å². The van der Waals surface area contributed by atoms with E-state index in [1.165, 1.54) is 0 Å². The Hall–Kier alpha value is -0.0262. The van der Waals surface area contributed by atoms with Crippen molar-refractivity contribution in [3.05, 3.63) is 12.3 Å². The van der Waals surface area contributed by atoms with Gasteiger partial charge < -0.3 is 22.8 Å². The summed E-state index contributed by atoms with van der Waals surface area (Å²) in [5.74, 6) is 0. The monoisotopic (exact) mass is 280 g/mol. The minimum Gasteiger partial charge on any atom is -0.396 e. The summed E-state index contributed by atoms with van der Waals surface area (Å²) in [5, 5.41) is 9.32. The molecule has 0 spiro atoms. The summed E-state index contributed by atoms with van der Waals surface area (Å²) < 4.78 is 21.5. The second-order valence-corrected chi connectivity index (χ2v) is 10.6. The molecule has 0 bridgehead atoms. The zero-order valence-electron chi connectivity index (χ0n) is 11.2. The molecule has 0 heterocycles. The Balaban J connectivity index is 4.32. The lowest BCUT2D eigenvalue weighted by atomic mass is 10.6. The van der Waals surface area contributed by atoms with Gasteiger partial charge in [0.15, 0.2) is 0 Å². The summed E-state index contributed by atoms with van der Waals surface area (Å²) in [6, 6.07) is 1.50. The molecular formula is C10H24O5Si2. The van der Waals surface area contributed by atoms with E-state index >= 15 is 0 Å². The summed E-state index contributed by atoms with van der Waals surface area (Å²) in [5.41, 5.74) is 1.77. The number of aliphatic hydroxyl groups excluding tert-OH is 1. The second kappa shape index (κ2) is 8.14. The molecular weight excluding hydrogens is 256 g/mol. The number of hydrogen-bond acceptors (Lipinski definition) is 5. The van der Waals surface area contributed by atoms with Gasteiger partial charge in [-0.3, -0.25) is 0 Å². The summed E-state index contributed by atoms with van der Waals surface area (Å²) in [4.78, 5) is 0. The van der Waals surface area contributed by atoms with Gasteiger partial charge in [-0.15, -0.1) is 6.58 Å². The van der Waals surface area contributed by atoms with Crippen LogP contribution in [0.2, 0.25) is 12.1 Å². The highest BCUT2D eigenvalue weighted by atomic mass is 28.4. The molecule has 17 heavy (non-hydrogen) atoms. The smallest absolute Gasteiger partial charge is 0.363 e. The van der Waals surface area contributed by atoms with Gasteiger partial charge >= 0.3 is 17.1 Å². The van der Waals surface area contributed by atoms with E-state index in [2.05, 4.69) is 6.58 Å². The van der Waals surface area contributed by atoms with E-state index < -0.39 is 17.1 Å². The van der Waals surface area contributed by atoms with Crippen molar-refractivity contribution < 1.29 is 22.8 Å². The summed E-state index contributed by atoms with van der Waals surface area (Å²) in [6.07, 6.45) is 0.789. The molecule has 0 aromatic carbocycles. The Morgan fingerprint density at radius 1 is 1.00 bits per heavy atom. The molecule has 0 aliphatic rings. The molecule has 0 aliphatic carbocycles. The van der Waals surface area contributed by atoms with Crippen molar-refractivity contribution in [1.82, 2.24) is 0 Å². The largest absolute Gasteiger partial charge is 0.396 e. The quantitative estimate of drug-likeness (QED) is 0.607. The van der Waals surface area contributed by atoms with Gasteiger partial charge in [-0.2, -0.15) is 0 Å². The zero-order valence-corrected chi connectivity index (χ0v) is 13.2. The van der Waals surface area contributed by atoms with Crippen molar-refractivity contribution in [2.75, 3.05) is 34.7 Å². The van der Waals surface area contributed by atoms with Crippen LogP contribution in [-0.2, 0) is 17.7 Å². The van der Waals surface area contributed by atoms with E-state index in [-0.39, 0.29) is 6.23 Å². The first-order valence-electron chi connectivity index (χ1n) is 5.52. The molecule has 0 saturated heterocycles. The predicted molar refractivity (Wildman–Crippen MR) is 71.1 cm³/mol. The molecule has 0 aliphatic heterocycles. The maximum Gasteiger partial charge on any atom is 0.363 e. The van der Waals surface area contributed by atoms with Crippen molar-refractivity contribution in [2.45, 2.75) is 18.5 Å². The second-order valence-electron chi connectivity index (χ2n) is 3.75. The average molecular weight is 280 g/mol. The van der Waals surface area contributed by atoms with Crippen LogP contribution in [0.15, 0.2) is 12.3 Å². The van der Waals surface area contributed by atoms with Gasteiger partial charge in [0.25, 0.3) is 0 Å². The van der Waals surface area contributed by atoms with Gasteiger partial charge in [-0.05, 0) is 24.2 Å². The maximum absolute atomic E-state index is 9.32. The lowest BCUT2D eigenvalue weighted by Crippen LogP contribution is -2.45. The van der Waals surface area contributed by atoms with Gasteiger partial charge in [0, 0.05) is 28.4 Å². The number of aliphatic hydroxyl groups is 1. The molecule has 0 radical (unpaired) electrons. The first kappa shape index (κ1) is 17.0. The molecule has 5 nitrogen and oxygen atoms in total. The number of hydrogen-bond donors (Lipinski definition) is 1. The first-order chi connectivity index (χ1) is 8.07. The SMILES string of the molecule is C=C[Si](CCC[Si](CO)(OC)OC)(OC)OC. The molecule has 0 aromatic rings. The fourth-order valence-electron chi connectivity index (χ4n) is 1.66. The Morgan fingerprint density at radius 3 is 1.82 bits per heavy atom. The molecule has 1 N–H and O–H groups in total. The molecule has 0 saturated carbocycles. The van der Waals surface area contributed by atoms with Crippen LogP contribution in [0, 0.1) is 0 Å². The van der Waals surface area contributed by atoms with E-state index in [4.69, 9.17) is 17.7 Å². The highest BCUT2D eigenvalue weighted by Gasteiger charge is 2.37. The van der Waals surface area contributed by atoms with E-state index in [0.717, 1.165) is 12.5 Å². The van der Waals surface area contributed by atoms with Gasteiger partial charge in [0.2, 0.25) is 0 Å². The molecule has 0 fully saturated rings. The summed E-state index contributed by atoms with van der Waals surface area (Å²) in [7, 11) is 1.75.